The SMILES string of the molecule is COc1cccc(OC)c1-c1cc(C(=O)N[C@@H](CC(C)C)C(=O)OC(C)(C)C)nn1-c1ccnc2cc(Cl)ccc12. The van der Waals surface area contributed by atoms with Crippen molar-refractivity contribution in [1.82, 2.24) is 20.1 Å². The van der Waals surface area contributed by atoms with Gasteiger partial charge in [0, 0.05) is 16.6 Å². The van der Waals surface area contributed by atoms with Crippen molar-refractivity contribution in [2.75, 3.05) is 14.2 Å². The van der Waals surface area contributed by atoms with E-state index in [4.69, 9.17) is 30.9 Å². The van der Waals surface area contributed by atoms with Gasteiger partial charge in [0.2, 0.25) is 0 Å². The molecule has 0 unspecified atom stereocenters. The second kappa shape index (κ2) is 12.2. The maximum Gasteiger partial charge on any atom is 0.329 e. The summed E-state index contributed by atoms with van der Waals surface area (Å²) in [6.45, 7) is 9.33. The van der Waals surface area contributed by atoms with Gasteiger partial charge in [0.05, 0.1) is 36.7 Å². The molecule has 4 aromatic rings. The largest absolute Gasteiger partial charge is 0.496 e. The van der Waals surface area contributed by atoms with Gasteiger partial charge in [-0.05, 0) is 75.6 Å². The number of nitrogens with zero attached hydrogens (tertiary/aromatic N) is 3. The molecule has 41 heavy (non-hydrogen) atoms. The van der Waals surface area contributed by atoms with E-state index in [1.807, 2.05) is 26.0 Å². The molecule has 0 bridgehead atoms. The number of carbonyl (C=O) groups is 2. The van der Waals surface area contributed by atoms with Crippen LogP contribution in [-0.4, -0.2) is 52.5 Å². The van der Waals surface area contributed by atoms with Crippen molar-refractivity contribution >= 4 is 34.4 Å². The number of hydrogen-bond donors (Lipinski definition) is 1. The molecule has 0 aliphatic rings. The van der Waals surface area contributed by atoms with Gasteiger partial charge in [-0.3, -0.25) is 9.78 Å². The molecule has 2 aromatic carbocycles. The van der Waals surface area contributed by atoms with Crippen LogP contribution in [0.5, 0.6) is 11.5 Å². The van der Waals surface area contributed by atoms with Crippen molar-refractivity contribution in [3.63, 3.8) is 0 Å². The third kappa shape index (κ3) is 6.79. The summed E-state index contributed by atoms with van der Waals surface area (Å²) >= 11 is 6.23. The van der Waals surface area contributed by atoms with E-state index in [2.05, 4.69) is 10.3 Å². The Morgan fingerprint density at radius 2 is 1.71 bits per heavy atom. The van der Waals surface area contributed by atoms with Gasteiger partial charge < -0.3 is 19.5 Å². The first-order chi connectivity index (χ1) is 19.4. The Morgan fingerprint density at radius 1 is 1.02 bits per heavy atom. The number of carbonyl (C=O) groups excluding carboxylic acids is 2. The molecule has 9 nitrogen and oxygen atoms in total. The number of hydrogen-bond acceptors (Lipinski definition) is 7. The molecule has 0 aliphatic carbocycles. The van der Waals surface area contributed by atoms with Gasteiger partial charge in [0.25, 0.3) is 5.91 Å². The van der Waals surface area contributed by atoms with Gasteiger partial charge >= 0.3 is 5.97 Å². The van der Waals surface area contributed by atoms with Gasteiger partial charge in [-0.25, -0.2) is 9.48 Å². The summed E-state index contributed by atoms with van der Waals surface area (Å²) in [5.41, 5.74) is 1.89. The van der Waals surface area contributed by atoms with Gasteiger partial charge in [0.15, 0.2) is 5.69 Å². The van der Waals surface area contributed by atoms with Crippen LogP contribution in [0.3, 0.4) is 0 Å². The lowest BCUT2D eigenvalue weighted by molar-refractivity contribution is -0.157. The Hall–Kier alpha value is -4.11. The molecular weight excluding hydrogens is 544 g/mol. The second-order valence-corrected chi connectivity index (χ2v) is 11.5. The number of aromatic nitrogens is 3. The van der Waals surface area contributed by atoms with E-state index < -0.39 is 23.5 Å². The van der Waals surface area contributed by atoms with Crippen LogP contribution in [0.2, 0.25) is 5.02 Å². The van der Waals surface area contributed by atoms with E-state index in [-0.39, 0.29) is 11.6 Å². The molecule has 2 aromatic heterocycles. The summed E-state index contributed by atoms with van der Waals surface area (Å²) in [6, 6.07) is 13.4. The quantitative estimate of drug-likeness (QED) is 0.234. The predicted molar refractivity (Wildman–Crippen MR) is 159 cm³/mol. The summed E-state index contributed by atoms with van der Waals surface area (Å²) in [5, 5.41) is 8.90. The number of nitrogens with one attached hydrogen (secondary N) is 1. The Morgan fingerprint density at radius 3 is 2.32 bits per heavy atom. The second-order valence-electron chi connectivity index (χ2n) is 11.0. The summed E-state index contributed by atoms with van der Waals surface area (Å²) in [4.78, 5) is 31.1. The molecule has 2 heterocycles. The van der Waals surface area contributed by atoms with Crippen LogP contribution in [0, 0.1) is 5.92 Å². The lowest BCUT2D eigenvalue weighted by Gasteiger charge is -2.25. The van der Waals surface area contributed by atoms with Gasteiger partial charge in [0.1, 0.15) is 23.1 Å². The molecule has 0 radical (unpaired) electrons. The van der Waals surface area contributed by atoms with Gasteiger partial charge in [-0.2, -0.15) is 5.10 Å². The maximum absolute atomic E-state index is 13.7. The average Bonchev–Trinajstić information content (AvgIpc) is 3.35. The van der Waals surface area contributed by atoms with Crippen molar-refractivity contribution in [3.8, 4) is 28.4 Å². The van der Waals surface area contributed by atoms with Crippen molar-refractivity contribution in [2.24, 2.45) is 5.92 Å². The Bertz CT molecular complexity index is 1550. The first-order valence-electron chi connectivity index (χ1n) is 13.3. The van der Waals surface area contributed by atoms with E-state index in [0.29, 0.717) is 45.4 Å². The minimum atomic E-state index is -0.847. The number of pyridine rings is 1. The van der Waals surface area contributed by atoms with Crippen molar-refractivity contribution in [2.45, 2.75) is 52.7 Å². The van der Waals surface area contributed by atoms with Crippen LogP contribution in [0.4, 0.5) is 0 Å². The summed E-state index contributed by atoms with van der Waals surface area (Å²) in [5.74, 6) is 0.184. The van der Waals surface area contributed by atoms with E-state index >= 15 is 0 Å². The fourth-order valence-corrected chi connectivity index (χ4v) is 4.71. The van der Waals surface area contributed by atoms with Crippen LogP contribution in [0.25, 0.3) is 27.8 Å². The summed E-state index contributed by atoms with van der Waals surface area (Å²) in [6.07, 6.45) is 2.06. The number of benzene rings is 2. The molecule has 0 fully saturated rings. The molecule has 0 saturated heterocycles. The molecule has 0 aliphatic heterocycles. The predicted octanol–water partition coefficient (Wildman–Crippen LogP) is 6.24. The zero-order valence-corrected chi connectivity index (χ0v) is 25.1. The standard InChI is InChI=1S/C31H35ClN4O5/c1-18(2)15-23(30(38)41-31(3,4)5)34-29(37)22-17-25(28-26(39-6)9-8-10-27(28)40-7)36(35-22)24-13-14-33-21-16-19(32)11-12-20(21)24/h8-14,16-18,23H,15H2,1-7H3,(H,34,37)/t23-/m0/s1. The smallest absolute Gasteiger partial charge is 0.329 e. The highest BCUT2D eigenvalue weighted by Crippen LogP contribution is 2.40. The van der Waals surface area contributed by atoms with E-state index in [1.54, 1.807) is 82.3 Å². The highest BCUT2D eigenvalue weighted by atomic mass is 35.5. The molecule has 0 spiro atoms. The Balaban J connectivity index is 1.87. The third-order valence-corrected chi connectivity index (χ3v) is 6.47. The number of ether oxygens (including phenoxy) is 3. The summed E-state index contributed by atoms with van der Waals surface area (Å²) in [7, 11) is 3.13. The van der Waals surface area contributed by atoms with Crippen LogP contribution in [0.15, 0.2) is 54.7 Å². The van der Waals surface area contributed by atoms with E-state index in [9.17, 15) is 9.59 Å². The molecule has 1 amide bonds. The number of fused-ring (bicyclic) bond motifs is 1. The number of rotatable bonds is 9. The monoisotopic (exact) mass is 578 g/mol. The molecule has 1 N–H and O–H groups in total. The first kappa shape index (κ1) is 29.9. The lowest BCUT2D eigenvalue weighted by Crippen LogP contribution is -2.45. The van der Waals surface area contributed by atoms with Crippen LogP contribution < -0.4 is 14.8 Å². The average molecular weight is 579 g/mol. The Kier molecular flexibility index (Phi) is 8.87. The van der Waals surface area contributed by atoms with Gasteiger partial charge in [-0.15, -0.1) is 0 Å². The highest BCUT2D eigenvalue weighted by Gasteiger charge is 2.30. The van der Waals surface area contributed by atoms with E-state index in [0.717, 1.165) is 5.39 Å². The molecule has 10 heteroatoms. The lowest BCUT2D eigenvalue weighted by atomic mass is 10.0. The first-order valence-corrected chi connectivity index (χ1v) is 13.7. The third-order valence-electron chi connectivity index (χ3n) is 6.24. The van der Waals surface area contributed by atoms with Crippen molar-refractivity contribution in [3.05, 3.63) is 65.4 Å². The fourth-order valence-electron chi connectivity index (χ4n) is 4.54. The number of halogens is 1. The topological polar surface area (TPSA) is 105 Å². The number of amides is 1. The minimum Gasteiger partial charge on any atom is -0.496 e. The molecule has 0 saturated carbocycles. The summed E-state index contributed by atoms with van der Waals surface area (Å²) < 4.78 is 18.6. The maximum atomic E-state index is 13.7. The molecule has 216 valence electrons. The highest BCUT2D eigenvalue weighted by molar-refractivity contribution is 6.31. The van der Waals surface area contributed by atoms with Crippen LogP contribution in [-0.2, 0) is 9.53 Å². The van der Waals surface area contributed by atoms with Gasteiger partial charge in [-0.1, -0.05) is 31.5 Å². The molecule has 4 rings (SSSR count). The minimum absolute atomic E-state index is 0.101. The zero-order chi connectivity index (χ0) is 29.9. The number of esters is 1. The van der Waals surface area contributed by atoms with Crippen LogP contribution in [0.1, 0.15) is 51.5 Å². The normalized spacial score (nSPS) is 12.3. The van der Waals surface area contributed by atoms with Crippen LogP contribution >= 0.6 is 11.6 Å². The molecule has 1 atom stereocenters. The van der Waals surface area contributed by atoms with E-state index in [1.165, 1.54) is 0 Å². The van der Waals surface area contributed by atoms with Crippen molar-refractivity contribution in [1.29, 1.82) is 0 Å². The van der Waals surface area contributed by atoms with Crippen molar-refractivity contribution < 1.29 is 23.8 Å². The number of methoxy groups -OCH3 is 2. The Labute approximate surface area is 244 Å². The zero-order valence-electron chi connectivity index (χ0n) is 24.3. The fraction of sp³-hybridized carbons (Fsp3) is 0.355. The molecular formula is C31H35ClN4O5.